The van der Waals surface area contributed by atoms with Crippen LogP contribution in [0.3, 0.4) is 0 Å². The zero-order valence-electron chi connectivity index (χ0n) is 9.03. The van der Waals surface area contributed by atoms with Crippen molar-refractivity contribution < 1.29 is 14.7 Å². The SMILES string of the molecule is CCC(=O)N1CCC2(CC1)C[C@@H]2C(=O)O. The van der Waals surface area contributed by atoms with Crippen LogP contribution in [-0.4, -0.2) is 35.0 Å². The monoisotopic (exact) mass is 211 g/mol. The number of hydrogen-bond acceptors (Lipinski definition) is 2. The molecule has 0 radical (unpaired) electrons. The fourth-order valence-corrected chi connectivity index (χ4v) is 2.67. The molecular weight excluding hydrogens is 194 g/mol. The second-order valence-corrected chi connectivity index (χ2v) is 4.69. The molecule has 1 heterocycles. The maximum Gasteiger partial charge on any atom is 0.307 e. The number of carbonyl (C=O) groups excluding carboxylic acids is 1. The van der Waals surface area contributed by atoms with Crippen LogP contribution < -0.4 is 0 Å². The third-order valence-corrected chi connectivity index (χ3v) is 3.90. The molecule has 0 aromatic carbocycles. The average molecular weight is 211 g/mol. The first-order valence-corrected chi connectivity index (χ1v) is 5.59. The van der Waals surface area contributed by atoms with Gasteiger partial charge in [-0.3, -0.25) is 9.59 Å². The van der Waals surface area contributed by atoms with Crippen LogP contribution in [0.15, 0.2) is 0 Å². The van der Waals surface area contributed by atoms with Crippen LogP contribution in [0.4, 0.5) is 0 Å². The van der Waals surface area contributed by atoms with E-state index in [9.17, 15) is 9.59 Å². The van der Waals surface area contributed by atoms with Crippen molar-refractivity contribution in [3.63, 3.8) is 0 Å². The van der Waals surface area contributed by atoms with Crippen LogP contribution >= 0.6 is 0 Å². The van der Waals surface area contributed by atoms with Crippen LogP contribution in [0, 0.1) is 11.3 Å². The van der Waals surface area contributed by atoms with E-state index < -0.39 is 5.97 Å². The second kappa shape index (κ2) is 3.51. The number of amides is 1. The van der Waals surface area contributed by atoms with E-state index in [1.165, 1.54) is 0 Å². The van der Waals surface area contributed by atoms with Crippen molar-refractivity contribution >= 4 is 11.9 Å². The minimum atomic E-state index is -0.662. The van der Waals surface area contributed by atoms with Gasteiger partial charge in [-0.1, -0.05) is 6.92 Å². The van der Waals surface area contributed by atoms with Crippen LogP contribution in [0.1, 0.15) is 32.6 Å². The first kappa shape index (κ1) is 10.5. The lowest BCUT2D eigenvalue weighted by Gasteiger charge is -2.32. The van der Waals surface area contributed by atoms with Gasteiger partial charge in [-0.2, -0.15) is 0 Å². The number of piperidine rings is 1. The highest BCUT2D eigenvalue weighted by atomic mass is 16.4. The zero-order valence-corrected chi connectivity index (χ0v) is 9.03. The molecule has 2 rings (SSSR count). The highest BCUT2D eigenvalue weighted by Gasteiger charge is 2.58. The minimum Gasteiger partial charge on any atom is -0.481 e. The van der Waals surface area contributed by atoms with Crippen LogP contribution in [-0.2, 0) is 9.59 Å². The lowest BCUT2D eigenvalue weighted by molar-refractivity contribution is -0.139. The van der Waals surface area contributed by atoms with Gasteiger partial charge < -0.3 is 10.0 Å². The van der Waals surface area contributed by atoms with Gasteiger partial charge in [-0.15, -0.1) is 0 Å². The van der Waals surface area contributed by atoms with E-state index in [0.29, 0.717) is 6.42 Å². The Morgan fingerprint density at radius 3 is 2.40 bits per heavy atom. The van der Waals surface area contributed by atoms with Crippen molar-refractivity contribution in [1.82, 2.24) is 4.90 Å². The lowest BCUT2D eigenvalue weighted by atomic mass is 9.90. The van der Waals surface area contributed by atoms with Gasteiger partial charge in [0.25, 0.3) is 0 Å². The Labute approximate surface area is 89.3 Å². The summed E-state index contributed by atoms with van der Waals surface area (Å²) in [5, 5.41) is 8.91. The molecule has 1 saturated carbocycles. The quantitative estimate of drug-likeness (QED) is 0.744. The van der Waals surface area contributed by atoms with Gasteiger partial charge in [0.05, 0.1) is 5.92 Å². The molecule has 1 aliphatic heterocycles. The van der Waals surface area contributed by atoms with Gasteiger partial charge >= 0.3 is 5.97 Å². The normalized spacial score (nSPS) is 27.8. The van der Waals surface area contributed by atoms with Crippen LogP contribution in [0.5, 0.6) is 0 Å². The van der Waals surface area contributed by atoms with Crippen molar-refractivity contribution in [3.05, 3.63) is 0 Å². The number of likely N-dealkylation sites (tertiary alicyclic amines) is 1. The van der Waals surface area contributed by atoms with Crippen molar-refractivity contribution in [2.75, 3.05) is 13.1 Å². The number of carboxylic acid groups (broad SMARTS) is 1. The molecule has 1 N–H and O–H groups in total. The molecule has 0 aromatic rings. The van der Waals surface area contributed by atoms with Crippen molar-refractivity contribution in [1.29, 1.82) is 0 Å². The first-order chi connectivity index (χ1) is 7.09. The number of hydrogen-bond donors (Lipinski definition) is 1. The van der Waals surface area contributed by atoms with Gasteiger partial charge in [0.2, 0.25) is 5.91 Å². The summed E-state index contributed by atoms with van der Waals surface area (Å²) in [6.07, 6.45) is 3.11. The summed E-state index contributed by atoms with van der Waals surface area (Å²) >= 11 is 0. The molecule has 2 fully saturated rings. The number of carbonyl (C=O) groups is 2. The Morgan fingerprint density at radius 2 is 2.00 bits per heavy atom. The smallest absolute Gasteiger partial charge is 0.307 e. The van der Waals surface area contributed by atoms with Crippen LogP contribution in [0.25, 0.3) is 0 Å². The predicted molar refractivity (Wildman–Crippen MR) is 54.3 cm³/mol. The minimum absolute atomic E-state index is 0.0381. The average Bonchev–Trinajstić information content (AvgIpc) is 2.93. The fourth-order valence-electron chi connectivity index (χ4n) is 2.67. The highest BCUT2D eigenvalue weighted by Crippen LogP contribution is 2.59. The van der Waals surface area contributed by atoms with E-state index in [0.717, 1.165) is 32.4 Å². The number of nitrogens with zero attached hydrogens (tertiary/aromatic N) is 1. The lowest BCUT2D eigenvalue weighted by Crippen LogP contribution is -2.39. The van der Waals surface area contributed by atoms with E-state index in [1.807, 2.05) is 11.8 Å². The molecular formula is C11H17NO3. The van der Waals surface area contributed by atoms with Crippen molar-refractivity contribution in [3.8, 4) is 0 Å². The largest absolute Gasteiger partial charge is 0.481 e. The second-order valence-electron chi connectivity index (χ2n) is 4.69. The summed E-state index contributed by atoms with van der Waals surface area (Å²) in [6, 6.07) is 0. The summed E-state index contributed by atoms with van der Waals surface area (Å²) in [5.41, 5.74) is 0.0381. The molecule has 15 heavy (non-hydrogen) atoms. The van der Waals surface area contributed by atoms with Crippen LogP contribution in [0.2, 0.25) is 0 Å². The van der Waals surface area contributed by atoms with Gasteiger partial charge in [0.1, 0.15) is 0 Å². The van der Waals surface area contributed by atoms with Gasteiger partial charge in [-0.25, -0.2) is 0 Å². The van der Waals surface area contributed by atoms with E-state index >= 15 is 0 Å². The third kappa shape index (κ3) is 1.73. The molecule has 0 bridgehead atoms. The zero-order chi connectivity index (χ0) is 11.1. The molecule has 1 atom stereocenters. The van der Waals surface area contributed by atoms with Gasteiger partial charge in [0.15, 0.2) is 0 Å². The van der Waals surface area contributed by atoms with Gasteiger partial charge in [0, 0.05) is 19.5 Å². The molecule has 0 unspecified atom stereocenters. The Balaban J connectivity index is 1.89. The molecule has 0 aromatic heterocycles. The Kier molecular flexibility index (Phi) is 2.44. The number of carboxylic acids is 1. The maximum atomic E-state index is 11.4. The topological polar surface area (TPSA) is 57.6 Å². The number of rotatable bonds is 2. The summed E-state index contributed by atoms with van der Waals surface area (Å²) in [6.45, 7) is 3.36. The van der Waals surface area contributed by atoms with Gasteiger partial charge in [-0.05, 0) is 24.7 Å². The third-order valence-electron chi connectivity index (χ3n) is 3.90. The molecule has 1 spiro atoms. The number of aliphatic carboxylic acids is 1. The van der Waals surface area contributed by atoms with Crippen molar-refractivity contribution in [2.24, 2.45) is 11.3 Å². The summed E-state index contributed by atoms with van der Waals surface area (Å²) in [7, 11) is 0. The predicted octanol–water partition coefficient (Wildman–Crippen LogP) is 1.11. The molecule has 1 aliphatic carbocycles. The van der Waals surface area contributed by atoms with E-state index in [4.69, 9.17) is 5.11 Å². The first-order valence-electron chi connectivity index (χ1n) is 5.59. The summed E-state index contributed by atoms with van der Waals surface area (Å²) in [4.78, 5) is 24.1. The molecule has 84 valence electrons. The Bertz CT molecular complexity index is 292. The summed E-state index contributed by atoms with van der Waals surface area (Å²) < 4.78 is 0. The van der Waals surface area contributed by atoms with E-state index in [-0.39, 0.29) is 17.2 Å². The molecule has 4 nitrogen and oxygen atoms in total. The standard InChI is InChI=1S/C11H17NO3/c1-2-9(13)12-5-3-11(4-6-12)7-8(11)10(14)15/h8H,2-7H2,1H3,(H,14,15)/t8-/m1/s1. The summed E-state index contributed by atoms with van der Waals surface area (Å²) in [5.74, 6) is -0.612. The Hall–Kier alpha value is -1.06. The Morgan fingerprint density at radius 1 is 1.40 bits per heavy atom. The molecule has 1 amide bonds. The van der Waals surface area contributed by atoms with E-state index in [1.54, 1.807) is 0 Å². The molecule has 1 saturated heterocycles. The highest BCUT2D eigenvalue weighted by molar-refractivity contribution is 5.77. The van der Waals surface area contributed by atoms with Crippen molar-refractivity contribution in [2.45, 2.75) is 32.6 Å². The maximum absolute atomic E-state index is 11.4. The fraction of sp³-hybridized carbons (Fsp3) is 0.818. The van der Waals surface area contributed by atoms with E-state index in [2.05, 4.69) is 0 Å². The molecule has 4 heteroatoms. The molecule has 2 aliphatic rings.